The van der Waals surface area contributed by atoms with Crippen LogP contribution < -0.4 is 3.71 Å². The van der Waals surface area contributed by atoms with E-state index in [1.54, 1.807) is 18.6 Å². The molecule has 3 aromatic rings. The van der Waals surface area contributed by atoms with Gasteiger partial charge in [0.05, 0.1) is 0 Å². The molecule has 0 aromatic carbocycles. The monoisotopic (exact) mass is 460 g/mol. The van der Waals surface area contributed by atoms with Crippen molar-refractivity contribution in [2.75, 3.05) is 0 Å². The van der Waals surface area contributed by atoms with Gasteiger partial charge < -0.3 is 0 Å². The summed E-state index contributed by atoms with van der Waals surface area (Å²) in [7, 11) is 0. The number of pyridine rings is 2. The number of rotatable bonds is 2. The van der Waals surface area contributed by atoms with Gasteiger partial charge in [0.2, 0.25) is 0 Å². The SMILES string of the molecule is CC(C)(C)OC(=O)n1cc(-c2cnc3cc[c]([Sn]([CH3])([CH3])[CH3])nc3c2)cn1. The summed E-state index contributed by atoms with van der Waals surface area (Å²) in [6.07, 6.45) is 4.57. The van der Waals surface area contributed by atoms with Crippen LogP contribution in [0.5, 0.6) is 0 Å². The Bertz CT molecular complexity index is 968. The second kappa shape index (κ2) is 6.64. The summed E-state index contributed by atoms with van der Waals surface area (Å²) >= 11 is -2.25. The van der Waals surface area contributed by atoms with Gasteiger partial charge in [-0.05, 0) is 0 Å². The van der Waals surface area contributed by atoms with Gasteiger partial charge in [-0.25, -0.2) is 0 Å². The Balaban J connectivity index is 1.94. The summed E-state index contributed by atoms with van der Waals surface area (Å²) in [6, 6.07) is 6.14. The topological polar surface area (TPSA) is 69.9 Å². The Labute approximate surface area is 157 Å². The van der Waals surface area contributed by atoms with Crippen molar-refractivity contribution in [3.63, 3.8) is 0 Å². The third kappa shape index (κ3) is 4.23. The molecule has 0 aliphatic carbocycles. The van der Waals surface area contributed by atoms with Crippen LogP contribution in [-0.2, 0) is 4.74 Å². The first-order valence-electron chi connectivity index (χ1n) is 8.59. The summed E-state index contributed by atoms with van der Waals surface area (Å²) < 4.78 is 7.76. The molecule has 0 unspecified atom stereocenters. The molecule has 3 aromatic heterocycles. The molecule has 136 valence electrons. The fourth-order valence-electron chi connectivity index (χ4n) is 2.46. The van der Waals surface area contributed by atoms with Gasteiger partial charge in [0.25, 0.3) is 0 Å². The number of carbonyl (C=O) groups excluding carboxylic acids is 1. The van der Waals surface area contributed by atoms with Gasteiger partial charge in [-0.2, -0.15) is 0 Å². The quantitative estimate of drug-likeness (QED) is 0.546. The summed E-state index contributed by atoms with van der Waals surface area (Å²) in [5, 5.41) is 4.12. The van der Waals surface area contributed by atoms with Crippen molar-refractivity contribution in [2.45, 2.75) is 41.2 Å². The number of hydrogen-bond donors (Lipinski definition) is 0. The molecule has 0 fully saturated rings. The zero-order valence-electron chi connectivity index (χ0n) is 16.1. The van der Waals surface area contributed by atoms with Crippen LogP contribution in [0.1, 0.15) is 20.8 Å². The average Bonchev–Trinajstić information content (AvgIpc) is 3.01. The van der Waals surface area contributed by atoms with Gasteiger partial charge in [-0.1, -0.05) is 0 Å². The van der Waals surface area contributed by atoms with Crippen LogP contribution in [0.15, 0.2) is 36.8 Å². The molecule has 0 spiro atoms. The standard InChI is InChI=1S/C16H15N4O2.3CH3.Sn/c1-16(2,3)22-15(21)20-10-12(9-19-20)11-7-14-13(18-8-11)5-4-6-17-14;;;;/h4-5,7-10H,1-3H3;3*1H3;. The van der Waals surface area contributed by atoms with Crippen molar-refractivity contribution in [1.29, 1.82) is 0 Å². The Morgan fingerprint density at radius 2 is 1.81 bits per heavy atom. The minimum absolute atomic E-state index is 0.500. The first kappa shape index (κ1) is 18.8. The van der Waals surface area contributed by atoms with E-state index in [1.165, 1.54) is 8.39 Å². The number of ether oxygens (including phenoxy) is 1. The normalized spacial score (nSPS) is 12.4. The molecule has 0 aliphatic heterocycles. The van der Waals surface area contributed by atoms with Crippen molar-refractivity contribution in [1.82, 2.24) is 19.7 Å². The average molecular weight is 459 g/mol. The predicted octanol–water partition coefficient (Wildman–Crippen LogP) is 3.82. The van der Waals surface area contributed by atoms with Crippen molar-refractivity contribution in [2.24, 2.45) is 0 Å². The molecule has 0 N–H and O–H groups in total. The number of carbonyl (C=O) groups is 1. The molecule has 3 rings (SSSR count). The maximum absolute atomic E-state index is 12.1. The fourth-order valence-corrected chi connectivity index (χ4v) is 5.43. The molecule has 0 radical (unpaired) electrons. The van der Waals surface area contributed by atoms with E-state index >= 15 is 0 Å². The maximum atomic E-state index is 12.1. The molecular weight excluding hydrogens is 435 g/mol. The second-order valence-corrected chi connectivity index (χ2v) is 22.7. The Morgan fingerprint density at radius 3 is 2.46 bits per heavy atom. The molecule has 3 heterocycles. The van der Waals surface area contributed by atoms with Crippen molar-refractivity contribution < 1.29 is 9.53 Å². The molecule has 7 heteroatoms. The number of hydrogen-bond acceptors (Lipinski definition) is 5. The molecular formula is C19H24N4O2Sn. The van der Waals surface area contributed by atoms with Crippen LogP contribution in [0.4, 0.5) is 4.79 Å². The molecule has 0 aliphatic rings. The van der Waals surface area contributed by atoms with E-state index in [4.69, 9.17) is 9.72 Å². The molecule has 6 nitrogen and oxygen atoms in total. The number of aromatic nitrogens is 4. The Hall–Kier alpha value is -1.96. The summed E-state index contributed by atoms with van der Waals surface area (Å²) in [4.78, 5) is 28.5. The molecule has 26 heavy (non-hydrogen) atoms. The van der Waals surface area contributed by atoms with Crippen LogP contribution in [0.25, 0.3) is 22.2 Å². The van der Waals surface area contributed by atoms with E-state index in [0.29, 0.717) is 0 Å². The first-order valence-corrected chi connectivity index (χ1v) is 18.6. The van der Waals surface area contributed by atoms with Gasteiger partial charge in [0, 0.05) is 0 Å². The Kier molecular flexibility index (Phi) is 4.81. The fraction of sp³-hybridized carbons (Fsp3) is 0.368. The first-order chi connectivity index (χ1) is 12.0. The van der Waals surface area contributed by atoms with E-state index in [1.807, 2.05) is 32.9 Å². The van der Waals surface area contributed by atoms with E-state index in [-0.39, 0.29) is 0 Å². The van der Waals surface area contributed by atoms with Crippen molar-refractivity contribution in [3.8, 4) is 11.1 Å². The van der Waals surface area contributed by atoms with Crippen LogP contribution in [0.2, 0.25) is 14.8 Å². The van der Waals surface area contributed by atoms with Crippen LogP contribution >= 0.6 is 0 Å². The van der Waals surface area contributed by atoms with Crippen LogP contribution in [0.3, 0.4) is 0 Å². The second-order valence-electron chi connectivity index (χ2n) is 8.36. The Morgan fingerprint density at radius 1 is 1.08 bits per heavy atom. The van der Waals surface area contributed by atoms with E-state index in [2.05, 4.69) is 31.0 Å². The summed E-state index contributed by atoms with van der Waals surface area (Å²) in [5.74, 6) is 0. The van der Waals surface area contributed by atoms with Crippen molar-refractivity contribution >= 4 is 39.2 Å². The zero-order chi connectivity index (χ0) is 19.1. The molecule has 0 amide bonds. The van der Waals surface area contributed by atoms with Crippen molar-refractivity contribution in [3.05, 3.63) is 36.8 Å². The minimum atomic E-state index is -2.25. The van der Waals surface area contributed by atoms with Crippen LogP contribution in [0, 0.1) is 0 Å². The van der Waals surface area contributed by atoms with Crippen LogP contribution in [-0.4, -0.2) is 49.8 Å². The van der Waals surface area contributed by atoms with Gasteiger partial charge in [0.15, 0.2) is 0 Å². The number of nitrogens with zero attached hydrogens (tertiary/aromatic N) is 4. The molecule has 0 atom stereocenters. The van der Waals surface area contributed by atoms with Gasteiger partial charge >= 0.3 is 158 Å². The van der Waals surface area contributed by atoms with E-state index in [0.717, 1.165) is 22.2 Å². The van der Waals surface area contributed by atoms with Gasteiger partial charge in [0.1, 0.15) is 0 Å². The summed E-state index contributed by atoms with van der Waals surface area (Å²) in [6.45, 7) is 5.48. The number of fused-ring (bicyclic) bond motifs is 1. The van der Waals surface area contributed by atoms with Gasteiger partial charge in [-0.15, -0.1) is 0 Å². The predicted molar refractivity (Wildman–Crippen MR) is 105 cm³/mol. The molecule has 0 saturated heterocycles. The van der Waals surface area contributed by atoms with E-state index < -0.39 is 30.1 Å². The molecule has 0 bridgehead atoms. The van der Waals surface area contributed by atoms with Gasteiger partial charge in [-0.3, -0.25) is 0 Å². The third-order valence-corrected chi connectivity index (χ3v) is 8.98. The molecule has 0 saturated carbocycles. The summed E-state index contributed by atoms with van der Waals surface area (Å²) in [5.41, 5.74) is 2.86. The third-order valence-electron chi connectivity index (χ3n) is 3.80. The zero-order valence-corrected chi connectivity index (χ0v) is 18.9. The van der Waals surface area contributed by atoms with E-state index in [9.17, 15) is 4.79 Å².